The summed E-state index contributed by atoms with van der Waals surface area (Å²) in [5.41, 5.74) is -0.0105. The van der Waals surface area contributed by atoms with E-state index in [1.54, 1.807) is 11.8 Å². The molecule has 5 nitrogen and oxygen atoms in total. The molecule has 0 fully saturated rings. The Morgan fingerprint density at radius 3 is 2.89 bits per heavy atom. The summed E-state index contributed by atoms with van der Waals surface area (Å²) in [4.78, 5) is 21.8. The zero-order valence-corrected chi connectivity index (χ0v) is 11.4. The lowest BCUT2D eigenvalue weighted by Crippen LogP contribution is -2.24. The first-order valence-corrected chi connectivity index (χ1v) is 7.04. The molecule has 0 saturated heterocycles. The Bertz CT molecular complexity index is 454. The average Bonchev–Trinajstić information content (AvgIpc) is 2.34. The van der Waals surface area contributed by atoms with Crippen molar-refractivity contribution in [3.05, 3.63) is 38.9 Å². The monoisotopic (exact) mass is 288 g/mol. The molecule has 0 saturated carbocycles. The van der Waals surface area contributed by atoms with Gasteiger partial charge in [0.25, 0.3) is 11.6 Å². The molecule has 0 aliphatic rings. The van der Waals surface area contributed by atoms with Gasteiger partial charge in [0, 0.05) is 18.2 Å². The van der Waals surface area contributed by atoms with E-state index < -0.39 is 4.92 Å². The third-order valence-electron chi connectivity index (χ3n) is 2.22. The van der Waals surface area contributed by atoms with Crippen LogP contribution in [0.1, 0.15) is 16.8 Å². The maximum Gasteiger partial charge on any atom is 0.288 e. The van der Waals surface area contributed by atoms with Crippen molar-refractivity contribution in [1.29, 1.82) is 0 Å². The standard InChI is InChI=1S/C11H13ClN2O3S/c1-18-6-2-5-13-11(15)8-3-4-9(12)10(7-8)14(16)17/h3-4,7H,2,5-6H2,1H3,(H,13,15). The van der Waals surface area contributed by atoms with Crippen molar-refractivity contribution in [3.63, 3.8) is 0 Å². The van der Waals surface area contributed by atoms with Crippen LogP contribution in [-0.2, 0) is 0 Å². The second-order valence-corrected chi connectivity index (χ2v) is 4.92. The van der Waals surface area contributed by atoms with Gasteiger partial charge in [0.05, 0.1) is 4.92 Å². The lowest BCUT2D eigenvalue weighted by molar-refractivity contribution is -0.384. The molecule has 1 amide bonds. The average molecular weight is 289 g/mol. The second kappa shape index (κ2) is 7.23. The number of benzene rings is 1. The van der Waals surface area contributed by atoms with Crippen LogP contribution in [0.3, 0.4) is 0 Å². The number of rotatable bonds is 6. The molecule has 1 rings (SSSR count). The van der Waals surface area contributed by atoms with E-state index in [2.05, 4.69) is 5.32 Å². The number of amides is 1. The third-order valence-corrected chi connectivity index (χ3v) is 3.23. The number of nitrogens with one attached hydrogen (secondary N) is 1. The van der Waals surface area contributed by atoms with E-state index in [9.17, 15) is 14.9 Å². The van der Waals surface area contributed by atoms with Gasteiger partial charge in [-0.05, 0) is 30.6 Å². The molecule has 0 aliphatic carbocycles. The van der Waals surface area contributed by atoms with Gasteiger partial charge < -0.3 is 5.32 Å². The molecule has 18 heavy (non-hydrogen) atoms. The third kappa shape index (κ3) is 4.19. The topological polar surface area (TPSA) is 72.2 Å². The van der Waals surface area contributed by atoms with Crippen LogP contribution in [0.15, 0.2) is 18.2 Å². The van der Waals surface area contributed by atoms with E-state index in [1.165, 1.54) is 18.2 Å². The Balaban J connectivity index is 2.68. The molecule has 0 aromatic heterocycles. The summed E-state index contributed by atoms with van der Waals surface area (Å²) in [5, 5.41) is 13.4. The van der Waals surface area contributed by atoms with E-state index in [-0.39, 0.29) is 22.2 Å². The van der Waals surface area contributed by atoms with Gasteiger partial charge in [0.2, 0.25) is 0 Å². The number of carbonyl (C=O) groups excluding carboxylic acids is 1. The van der Waals surface area contributed by atoms with Crippen molar-refractivity contribution in [3.8, 4) is 0 Å². The van der Waals surface area contributed by atoms with Crippen LogP contribution in [-0.4, -0.2) is 29.4 Å². The number of halogens is 1. The first kappa shape index (κ1) is 14.8. The Morgan fingerprint density at radius 2 is 2.28 bits per heavy atom. The van der Waals surface area contributed by atoms with Crippen LogP contribution in [0.5, 0.6) is 0 Å². The Hall–Kier alpha value is -1.27. The summed E-state index contributed by atoms with van der Waals surface area (Å²) >= 11 is 7.36. The van der Waals surface area contributed by atoms with Crippen LogP contribution in [0.25, 0.3) is 0 Å². The molecule has 0 unspecified atom stereocenters. The summed E-state index contributed by atoms with van der Waals surface area (Å²) in [6.07, 6.45) is 2.85. The number of nitro groups is 1. The number of hydrogen-bond acceptors (Lipinski definition) is 4. The molecule has 0 atom stereocenters. The molecule has 1 N–H and O–H groups in total. The molecule has 0 spiro atoms. The van der Waals surface area contributed by atoms with Gasteiger partial charge in [0.15, 0.2) is 0 Å². The van der Waals surface area contributed by atoms with Gasteiger partial charge in [-0.3, -0.25) is 14.9 Å². The van der Waals surface area contributed by atoms with Gasteiger partial charge in [-0.1, -0.05) is 11.6 Å². The van der Waals surface area contributed by atoms with E-state index in [0.29, 0.717) is 6.54 Å². The quantitative estimate of drug-likeness (QED) is 0.496. The Labute approximate surface area is 114 Å². The minimum atomic E-state index is -0.604. The minimum Gasteiger partial charge on any atom is -0.352 e. The van der Waals surface area contributed by atoms with E-state index >= 15 is 0 Å². The predicted octanol–water partition coefficient (Wildman–Crippen LogP) is 2.73. The highest BCUT2D eigenvalue weighted by molar-refractivity contribution is 7.98. The molecular formula is C11H13ClN2O3S. The first-order chi connectivity index (χ1) is 8.56. The van der Waals surface area contributed by atoms with Crippen LogP contribution >= 0.6 is 23.4 Å². The maximum atomic E-state index is 11.7. The highest BCUT2D eigenvalue weighted by atomic mass is 35.5. The van der Waals surface area contributed by atoms with Crippen LogP contribution in [0.4, 0.5) is 5.69 Å². The highest BCUT2D eigenvalue weighted by Gasteiger charge is 2.15. The van der Waals surface area contributed by atoms with Crippen molar-refractivity contribution in [1.82, 2.24) is 5.32 Å². The molecule has 0 radical (unpaired) electrons. The number of carbonyl (C=O) groups is 1. The smallest absolute Gasteiger partial charge is 0.288 e. The molecule has 0 heterocycles. The van der Waals surface area contributed by atoms with Gasteiger partial charge in [-0.25, -0.2) is 0 Å². The second-order valence-electron chi connectivity index (χ2n) is 3.53. The van der Waals surface area contributed by atoms with Crippen molar-refractivity contribution in [2.45, 2.75) is 6.42 Å². The molecule has 0 bridgehead atoms. The number of nitrogens with zero attached hydrogens (tertiary/aromatic N) is 1. The maximum absolute atomic E-state index is 11.7. The molecular weight excluding hydrogens is 276 g/mol. The number of thioether (sulfide) groups is 1. The Morgan fingerprint density at radius 1 is 1.56 bits per heavy atom. The highest BCUT2D eigenvalue weighted by Crippen LogP contribution is 2.24. The molecule has 98 valence electrons. The molecule has 1 aromatic rings. The number of nitro benzene ring substituents is 1. The summed E-state index contributed by atoms with van der Waals surface area (Å²) < 4.78 is 0. The minimum absolute atomic E-state index is 0.0268. The zero-order chi connectivity index (χ0) is 13.5. The zero-order valence-electron chi connectivity index (χ0n) is 9.81. The fourth-order valence-corrected chi connectivity index (χ4v) is 1.93. The summed E-state index contributed by atoms with van der Waals surface area (Å²) in [5.74, 6) is 0.636. The summed E-state index contributed by atoms with van der Waals surface area (Å²) in [7, 11) is 0. The van der Waals surface area contributed by atoms with Crippen LogP contribution < -0.4 is 5.32 Å². The van der Waals surface area contributed by atoms with Crippen molar-refractivity contribution in [2.75, 3.05) is 18.6 Å². The predicted molar refractivity (Wildman–Crippen MR) is 73.4 cm³/mol. The lowest BCUT2D eigenvalue weighted by atomic mass is 10.2. The van der Waals surface area contributed by atoms with E-state index in [0.717, 1.165) is 12.2 Å². The Kier molecular flexibility index (Phi) is 5.94. The SMILES string of the molecule is CSCCCNC(=O)c1ccc(Cl)c([N+](=O)[O-])c1. The van der Waals surface area contributed by atoms with E-state index in [1.807, 2.05) is 6.26 Å². The normalized spacial score (nSPS) is 10.1. The van der Waals surface area contributed by atoms with Crippen molar-refractivity contribution in [2.24, 2.45) is 0 Å². The molecule has 0 aliphatic heterocycles. The van der Waals surface area contributed by atoms with Crippen LogP contribution in [0, 0.1) is 10.1 Å². The number of hydrogen-bond donors (Lipinski definition) is 1. The van der Waals surface area contributed by atoms with Gasteiger partial charge in [-0.2, -0.15) is 11.8 Å². The largest absolute Gasteiger partial charge is 0.352 e. The molecule has 7 heteroatoms. The first-order valence-electron chi connectivity index (χ1n) is 5.27. The van der Waals surface area contributed by atoms with Crippen molar-refractivity contribution >= 4 is 35.0 Å². The summed E-state index contributed by atoms with van der Waals surface area (Å²) in [6.45, 7) is 0.552. The van der Waals surface area contributed by atoms with Crippen molar-refractivity contribution < 1.29 is 9.72 Å². The lowest BCUT2D eigenvalue weighted by Gasteiger charge is -2.05. The molecule has 1 aromatic carbocycles. The van der Waals surface area contributed by atoms with Crippen LogP contribution in [0.2, 0.25) is 5.02 Å². The summed E-state index contributed by atoms with van der Waals surface area (Å²) in [6, 6.07) is 4.02. The van der Waals surface area contributed by atoms with Gasteiger partial charge in [0.1, 0.15) is 5.02 Å². The fourth-order valence-electron chi connectivity index (χ4n) is 1.31. The van der Waals surface area contributed by atoms with E-state index in [4.69, 9.17) is 11.6 Å². The van der Waals surface area contributed by atoms with Gasteiger partial charge >= 0.3 is 0 Å². The van der Waals surface area contributed by atoms with Gasteiger partial charge in [-0.15, -0.1) is 0 Å². The fraction of sp³-hybridized carbons (Fsp3) is 0.364.